The maximum absolute atomic E-state index is 11.0. The number of aromatic amines is 1. The van der Waals surface area contributed by atoms with Gasteiger partial charge in [0.2, 0.25) is 0 Å². The van der Waals surface area contributed by atoms with Crippen molar-refractivity contribution in [2.45, 2.75) is 0 Å². The topological polar surface area (TPSA) is 67.9 Å². The van der Waals surface area contributed by atoms with Crippen molar-refractivity contribution in [3.05, 3.63) is 40.9 Å². The summed E-state index contributed by atoms with van der Waals surface area (Å²) < 4.78 is 5.16. The molecule has 0 atom stereocenters. The summed E-state index contributed by atoms with van der Waals surface area (Å²) in [5.74, 6) is 0.664. The van der Waals surface area contributed by atoms with Crippen LogP contribution >= 0.6 is 0 Å². The van der Waals surface area contributed by atoms with Gasteiger partial charge in [-0.3, -0.25) is 0 Å². The normalized spacial score (nSPS) is 9.93. The molecule has 76 valence electrons. The number of nitrogens with one attached hydrogen (secondary N) is 1. The molecular formula is C10H9N3O2. The Kier molecular flexibility index (Phi) is 2.45. The third kappa shape index (κ3) is 1.85. The quantitative estimate of drug-likeness (QED) is 0.785. The summed E-state index contributed by atoms with van der Waals surface area (Å²) in [7, 11) is 1.57. The lowest BCUT2D eigenvalue weighted by molar-refractivity contribution is 0.416. The summed E-state index contributed by atoms with van der Waals surface area (Å²) in [6, 6.07) is 7.32. The van der Waals surface area contributed by atoms with Crippen LogP contribution in [0.2, 0.25) is 0 Å². The Labute approximate surface area is 85.8 Å². The summed E-state index contributed by atoms with van der Waals surface area (Å²) in [6.07, 6.45) is 1.49. The number of rotatable bonds is 2. The van der Waals surface area contributed by atoms with E-state index < -0.39 is 5.69 Å². The first-order chi connectivity index (χ1) is 7.31. The monoisotopic (exact) mass is 203 g/mol. The summed E-state index contributed by atoms with van der Waals surface area (Å²) >= 11 is 0. The van der Waals surface area contributed by atoms with Crippen LogP contribution in [0.5, 0.6) is 5.75 Å². The third-order valence-electron chi connectivity index (χ3n) is 1.95. The van der Waals surface area contributed by atoms with Crippen LogP contribution < -0.4 is 10.4 Å². The lowest BCUT2D eigenvalue weighted by atomic mass is 10.1. The predicted molar refractivity (Wildman–Crippen MR) is 54.6 cm³/mol. The summed E-state index contributed by atoms with van der Waals surface area (Å²) in [6.45, 7) is 0. The van der Waals surface area contributed by atoms with Gasteiger partial charge in [0.25, 0.3) is 0 Å². The third-order valence-corrected chi connectivity index (χ3v) is 1.95. The van der Waals surface area contributed by atoms with Gasteiger partial charge in [-0.05, 0) is 12.1 Å². The smallest absolute Gasteiger partial charge is 0.361 e. The van der Waals surface area contributed by atoms with Crippen molar-refractivity contribution < 1.29 is 4.74 Å². The molecule has 0 saturated carbocycles. The van der Waals surface area contributed by atoms with Gasteiger partial charge in [-0.25, -0.2) is 9.89 Å². The maximum Gasteiger partial charge on any atom is 0.361 e. The molecule has 5 heteroatoms. The van der Waals surface area contributed by atoms with E-state index in [0.717, 1.165) is 5.56 Å². The molecule has 5 nitrogen and oxygen atoms in total. The van der Waals surface area contributed by atoms with E-state index in [0.29, 0.717) is 11.4 Å². The van der Waals surface area contributed by atoms with E-state index in [-0.39, 0.29) is 0 Å². The molecule has 0 radical (unpaired) electrons. The molecule has 0 aliphatic rings. The summed E-state index contributed by atoms with van der Waals surface area (Å²) in [4.78, 5) is 14.8. The predicted octanol–water partition coefficient (Wildman–Crippen LogP) is 0.840. The molecule has 1 heterocycles. The average molecular weight is 203 g/mol. The van der Waals surface area contributed by atoms with Crippen LogP contribution in [0.4, 0.5) is 0 Å². The van der Waals surface area contributed by atoms with Crippen molar-refractivity contribution in [1.29, 1.82) is 0 Å². The lowest BCUT2D eigenvalue weighted by Crippen LogP contribution is -2.12. The molecule has 0 aliphatic heterocycles. The van der Waals surface area contributed by atoms with E-state index in [1.807, 2.05) is 18.2 Å². The Morgan fingerprint density at radius 1 is 1.33 bits per heavy atom. The van der Waals surface area contributed by atoms with E-state index in [1.165, 1.54) is 6.20 Å². The highest BCUT2D eigenvalue weighted by Crippen LogP contribution is 2.26. The Morgan fingerprint density at radius 2 is 2.13 bits per heavy atom. The number of hydrogen-bond donors (Lipinski definition) is 1. The van der Waals surface area contributed by atoms with E-state index >= 15 is 0 Å². The number of aromatic nitrogens is 3. The van der Waals surface area contributed by atoms with Crippen LogP contribution in [-0.4, -0.2) is 22.3 Å². The number of methoxy groups -OCH3 is 1. The van der Waals surface area contributed by atoms with Crippen molar-refractivity contribution in [2.75, 3.05) is 7.11 Å². The fraction of sp³-hybridized carbons (Fsp3) is 0.100. The first-order valence-electron chi connectivity index (χ1n) is 4.36. The van der Waals surface area contributed by atoms with Gasteiger partial charge in [0, 0.05) is 5.56 Å². The van der Waals surface area contributed by atoms with E-state index in [9.17, 15) is 4.79 Å². The molecule has 0 bridgehead atoms. The van der Waals surface area contributed by atoms with Gasteiger partial charge in [-0.15, -0.1) is 0 Å². The van der Waals surface area contributed by atoms with Gasteiger partial charge in [0.1, 0.15) is 5.75 Å². The summed E-state index contributed by atoms with van der Waals surface area (Å²) in [5, 5.41) is 5.90. The van der Waals surface area contributed by atoms with Crippen LogP contribution in [0.1, 0.15) is 0 Å². The van der Waals surface area contributed by atoms with Gasteiger partial charge >= 0.3 is 5.69 Å². The van der Waals surface area contributed by atoms with Crippen molar-refractivity contribution >= 4 is 0 Å². The van der Waals surface area contributed by atoms with Crippen molar-refractivity contribution in [3.8, 4) is 17.0 Å². The largest absolute Gasteiger partial charge is 0.496 e. The molecule has 1 aromatic carbocycles. The number of nitrogens with zero attached hydrogens (tertiary/aromatic N) is 2. The highest BCUT2D eigenvalue weighted by molar-refractivity contribution is 5.65. The minimum atomic E-state index is -0.474. The van der Waals surface area contributed by atoms with Crippen LogP contribution in [0.25, 0.3) is 11.3 Å². The van der Waals surface area contributed by atoms with Crippen LogP contribution in [0, 0.1) is 0 Å². The highest BCUT2D eigenvalue weighted by atomic mass is 16.5. The molecule has 15 heavy (non-hydrogen) atoms. The fourth-order valence-corrected chi connectivity index (χ4v) is 1.30. The van der Waals surface area contributed by atoms with Gasteiger partial charge in [0.05, 0.1) is 19.0 Å². The lowest BCUT2D eigenvalue weighted by Gasteiger charge is -2.05. The van der Waals surface area contributed by atoms with Gasteiger partial charge in [-0.2, -0.15) is 10.1 Å². The molecule has 1 N–H and O–H groups in total. The second-order valence-corrected chi connectivity index (χ2v) is 2.87. The molecule has 0 aliphatic carbocycles. The minimum absolute atomic E-state index is 0.474. The SMILES string of the molecule is COc1ccccc1-c1cn[nH]c(=O)n1. The van der Waals surface area contributed by atoms with E-state index in [1.54, 1.807) is 13.2 Å². The zero-order chi connectivity index (χ0) is 10.7. The second kappa shape index (κ2) is 3.91. The molecule has 0 spiro atoms. The standard InChI is InChI=1S/C10H9N3O2/c1-15-9-5-3-2-4-7(9)8-6-11-13-10(14)12-8/h2-6H,1H3,(H,12,13,14). The van der Waals surface area contributed by atoms with Gasteiger partial charge < -0.3 is 4.74 Å². The van der Waals surface area contributed by atoms with Gasteiger partial charge in [-0.1, -0.05) is 12.1 Å². The molecule has 2 aromatic rings. The van der Waals surface area contributed by atoms with Crippen LogP contribution in [0.15, 0.2) is 35.3 Å². The number of ether oxygens (including phenoxy) is 1. The zero-order valence-corrected chi connectivity index (χ0v) is 8.10. The first kappa shape index (κ1) is 9.39. The van der Waals surface area contributed by atoms with E-state index in [4.69, 9.17) is 4.74 Å². The Morgan fingerprint density at radius 3 is 2.87 bits per heavy atom. The number of para-hydroxylation sites is 1. The van der Waals surface area contributed by atoms with Gasteiger partial charge in [0.15, 0.2) is 0 Å². The maximum atomic E-state index is 11.0. The summed E-state index contributed by atoms with van der Waals surface area (Å²) in [5.41, 5.74) is 0.771. The van der Waals surface area contributed by atoms with Crippen molar-refractivity contribution in [1.82, 2.24) is 15.2 Å². The average Bonchev–Trinajstić information content (AvgIpc) is 2.29. The molecule has 0 fully saturated rings. The minimum Gasteiger partial charge on any atom is -0.496 e. The number of hydrogen-bond acceptors (Lipinski definition) is 4. The first-order valence-corrected chi connectivity index (χ1v) is 4.36. The fourth-order valence-electron chi connectivity index (χ4n) is 1.30. The Hall–Kier alpha value is -2.17. The highest BCUT2D eigenvalue weighted by Gasteiger charge is 2.06. The van der Waals surface area contributed by atoms with Crippen LogP contribution in [-0.2, 0) is 0 Å². The molecule has 1 aromatic heterocycles. The van der Waals surface area contributed by atoms with Crippen LogP contribution in [0.3, 0.4) is 0 Å². The molecular weight excluding hydrogens is 194 g/mol. The second-order valence-electron chi connectivity index (χ2n) is 2.87. The van der Waals surface area contributed by atoms with Crippen molar-refractivity contribution in [2.24, 2.45) is 0 Å². The molecule has 0 saturated heterocycles. The molecule has 0 unspecified atom stereocenters. The Balaban J connectivity index is 2.58. The van der Waals surface area contributed by atoms with Crippen molar-refractivity contribution in [3.63, 3.8) is 0 Å². The number of H-pyrrole nitrogens is 1. The Bertz CT molecular complexity index is 522. The molecule has 0 amide bonds. The molecule has 2 rings (SSSR count). The van der Waals surface area contributed by atoms with E-state index in [2.05, 4.69) is 15.2 Å². The zero-order valence-electron chi connectivity index (χ0n) is 8.10. The number of benzene rings is 1.